The highest BCUT2D eigenvalue weighted by atomic mass is 32.2. The second kappa shape index (κ2) is 14.6. The first-order chi connectivity index (χ1) is 25.0. The van der Waals surface area contributed by atoms with Crippen LogP contribution in [-0.2, 0) is 0 Å². The third kappa shape index (κ3) is 6.59. The number of nitrogens with zero attached hydrogens (tertiary/aromatic N) is 3. The maximum absolute atomic E-state index is 14.3. The Morgan fingerprint density at radius 3 is 1.65 bits per heavy atom. The van der Waals surface area contributed by atoms with Crippen LogP contribution in [0.2, 0.25) is 0 Å². The molecule has 0 aliphatic heterocycles. The van der Waals surface area contributed by atoms with Crippen molar-refractivity contribution in [3.8, 4) is 32.8 Å². The SMILES string of the molecule is Cc1c(C(=O)/C=C/N(C)C)sc2sc(C(=O)c3ccc(-c4sc5sc(C(=O)/C=C/N(C)C)c(-c6ccccc6)c5c4C)nc3)c(-c3ccccc3)c12. The van der Waals surface area contributed by atoms with Gasteiger partial charge < -0.3 is 9.80 Å². The highest BCUT2D eigenvalue weighted by molar-refractivity contribution is 7.41. The molecule has 7 aromatic rings. The summed E-state index contributed by atoms with van der Waals surface area (Å²) in [6, 6.07) is 23.7. The molecule has 0 aliphatic carbocycles. The molecule has 0 saturated carbocycles. The van der Waals surface area contributed by atoms with Crippen LogP contribution in [0.1, 0.15) is 45.7 Å². The van der Waals surface area contributed by atoms with Gasteiger partial charge in [0.25, 0.3) is 0 Å². The number of aromatic nitrogens is 1. The number of aryl methyl sites for hydroxylation is 2. The molecule has 0 amide bonds. The number of hydrogen-bond acceptors (Lipinski definition) is 10. The predicted molar refractivity (Wildman–Crippen MR) is 221 cm³/mol. The number of fused-ring (bicyclic) bond motifs is 2. The average molecular weight is 758 g/mol. The van der Waals surface area contributed by atoms with Gasteiger partial charge in [0.15, 0.2) is 11.6 Å². The summed E-state index contributed by atoms with van der Waals surface area (Å²) in [5.74, 6) is -0.171. The van der Waals surface area contributed by atoms with Crippen molar-refractivity contribution < 1.29 is 14.4 Å². The summed E-state index contributed by atoms with van der Waals surface area (Å²) in [6.45, 7) is 4.05. The highest BCUT2D eigenvalue weighted by Gasteiger charge is 2.28. The average Bonchev–Trinajstić information content (AvgIpc) is 3.89. The van der Waals surface area contributed by atoms with Gasteiger partial charge in [-0.25, -0.2) is 0 Å². The molecular weight excluding hydrogens is 723 g/mol. The van der Waals surface area contributed by atoms with Crippen molar-refractivity contribution in [1.82, 2.24) is 14.8 Å². The Morgan fingerprint density at radius 2 is 1.10 bits per heavy atom. The minimum Gasteiger partial charge on any atom is -0.383 e. The Hall–Kier alpha value is -5.00. The summed E-state index contributed by atoms with van der Waals surface area (Å²) in [5.41, 5.74) is 6.96. The molecule has 7 rings (SSSR count). The zero-order valence-corrected chi connectivity index (χ0v) is 32.8. The van der Waals surface area contributed by atoms with Crippen molar-refractivity contribution in [2.45, 2.75) is 13.8 Å². The highest BCUT2D eigenvalue weighted by Crippen LogP contribution is 2.49. The molecule has 0 radical (unpaired) electrons. The second-order valence-corrected chi connectivity index (χ2v) is 17.4. The summed E-state index contributed by atoms with van der Waals surface area (Å²) in [5, 5.41) is 2.02. The first-order valence-electron chi connectivity index (χ1n) is 16.5. The normalized spacial score (nSPS) is 11.7. The van der Waals surface area contributed by atoms with E-state index in [2.05, 4.69) is 6.92 Å². The van der Waals surface area contributed by atoms with E-state index in [9.17, 15) is 14.4 Å². The monoisotopic (exact) mass is 757 g/mol. The fourth-order valence-corrected chi connectivity index (χ4v) is 11.6. The maximum atomic E-state index is 14.3. The summed E-state index contributed by atoms with van der Waals surface area (Å²) >= 11 is 6.02. The van der Waals surface area contributed by atoms with Gasteiger partial charge in [-0.2, -0.15) is 0 Å². The Labute approximate surface area is 318 Å². The largest absolute Gasteiger partial charge is 0.383 e. The van der Waals surface area contributed by atoms with E-state index in [-0.39, 0.29) is 17.3 Å². The number of ketones is 3. The van der Waals surface area contributed by atoms with Crippen molar-refractivity contribution in [2.24, 2.45) is 0 Å². The standard InChI is InChI=1S/C42H35N3O3S4/c1-24-32-34(26-13-9-7-10-14-26)39(31(47)20-22-45(5)6)51-41(32)49-37(24)29-18-17-28(23-43-29)36(48)40-35(27-15-11-8-12-16-27)33-25(2)38(50-42(33)52-40)30(46)19-21-44(3)4/h7-23H,1-6H3/b21-19+,22-20+. The van der Waals surface area contributed by atoms with E-state index >= 15 is 0 Å². The van der Waals surface area contributed by atoms with Gasteiger partial charge in [0.2, 0.25) is 5.78 Å². The lowest BCUT2D eigenvalue weighted by Gasteiger charge is -2.08. The number of pyridine rings is 1. The topological polar surface area (TPSA) is 70.6 Å². The Morgan fingerprint density at radius 1 is 0.596 bits per heavy atom. The Kier molecular flexibility index (Phi) is 9.91. The van der Waals surface area contributed by atoms with Crippen LogP contribution in [-0.4, -0.2) is 60.3 Å². The van der Waals surface area contributed by atoms with E-state index in [0.29, 0.717) is 15.3 Å². The minimum atomic E-state index is -0.102. The van der Waals surface area contributed by atoms with Crippen LogP contribution < -0.4 is 0 Å². The summed E-state index contributed by atoms with van der Waals surface area (Å²) < 4.78 is 2.01. The molecule has 6 nitrogen and oxygen atoms in total. The van der Waals surface area contributed by atoms with E-state index in [4.69, 9.17) is 4.98 Å². The van der Waals surface area contributed by atoms with Crippen molar-refractivity contribution in [3.05, 3.63) is 135 Å². The number of benzene rings is 2. The number of carbonyl (C=O) groups excluding carboxylic acids is 3. The molecule has 10 heteroatoms. The van der Waals surface area contributed by atoms with Gasteiger partial charge in [0.1, 0.15) is 0 Å². The van der Waals surface area contributed by atoms with Gasteiger partial charge >= 0.3 is 0 Å². The molecule has 0 saturated heterocycles. The maximum Gasteiger partial charge on any atom is 0.205 e. The lowest BCUT2D eigenvalue weighted by molar-refractivity contribution is 0.103. The molecule has 0 atom stereocenters. The molecule has 0 aliphatic rings. The zero-order valence-electron chi connectivity index (χ0n) is 29.5. The van der Waals surface area contributed by atoms with Crippen LogP contribution in [0.5, 0.6) is 0 Å². The minimum absolute atomic E-state index is 0.0228. The molecule has 2 aromatic carbocycles. The predicted octanol–water partition coefficient (Wildman–Crippen LogP) is 11.0. The number of rotatable bonds is 11. The van der Waals surface area contributed by atoms with Gasteiger partial charge in [-0.15, -0.1) is 45.3 Å². The van der Waals surface area contributed by atoms with Gasteiger partial charge in [-0.05, 0) is 48.2 Å². The lowest BCUT2D eigenvalue weighted by Crippen LogP contribution is -2.03. The van der Waals surface area contributed by atoms with Crippen LogP contribution in [0.4, 0.5) is 0 Å². The summed E-state index contributed by atoms with van der Waals surface area (Å²) in [4.78, 5) is 52.4. The third-order valence-electron chi connectivity index (χ3n) is 8.66. The van der Waals surface area contributed by atoms with Crippen LogP contribution in [0.25, 0.3) is 51.6 Å². The van der Waals surface area contributed by atoms with E-state index in [1.165, 1.54) is 34.0 Å². The number of thiophene rings is 4. The van der Waals surface area contributed by atoms with Crippen molar-refractivity contribution in [3.63, 3.8) is 0 Å². The molecule has 260 valence electrons. The van der Waals surface area contributed by atoms with E-state index in [1.807, 2.05) is 118 Å². The first-order valence-corrected chi connectivity index (χ1v) is 19.8. The van der Waals surface area contributed by atoms with Crippen molar-refractivity contribution in [2.75, 3.05) is 28.2 Å². The number of hydrogen-bond donors (Lipinski definition) is 0. The summed E-state index contributed by atoms with van der Waals surface area (Å²) in [7, 11) is 7.56. The molecule has 0 unspecified atom stereocenters. The van der Waals surface area contributed by atoms with E-state index in [0.717, 1.165) is 67.6 Å². The number of carbonyl (C=O) groups is 3. The van der Waals surface area contributed by atoms with E-state index < -0.39 is 0 Å². The van der Waals surface area contributed by atoms with Crippen molar-refractivity contribution in [1.29, 1.82) is 0 Å². The van der Waals surface area contributed by atoms with Crippen molar-refractivity contribution >= 4 is 81.5 Å². The molecule has 0 bridgehead atoms. The van der Waals surface area contributed by atoms with Crippen LogP contribution in [0.15, 0.2) is 104 Å². The fourth-order valence-electron chi connectivity index (χ4n) is 6.16. The quantitative estimate of drug-likeness (QED) is 0.0967. The van der Waals surface area contributed by atoms with Crippen LogP contribution in [0, 0.1) is 13.8 Å². The van der Waals surface area contributed by atoms with Crippen LogP contribution >= 0.6 is 45.3 Å². The third-order valence-corrected chi connectivity index (χ3v) is 13.8. The molecule has 52 heavy (non-hydrogen) atoms. The molecule has 0 N–H and O–H groups in total. The second-order valence-electron chi connectivity index (χ2n) is 12.8. The molecule has 0 fully saturated rings. The Balaban J connectivity index is 1.27. The lowest BCUT2D eigenvalue weighted by atomic mass is 9.97. The zero-order chi connectivity index (χ0) is 36.7. The molecule has 5 aromatic heterocycles. The number of allylic oxidation sites excluding steroid dienone is 2. The van der Waals surface area contributed by atoms with E-state index in [1.54, 1.807) is 42.1 Å². The van der Waals surface area contributed by atoms with Gasteiger partial charge in [-0.3, -0.25) is 19.4 Å². The first kappa shape index (κ1) is 35.4. The van der Waals surface area contributed by atoms with Gasteiger partial charge in [-0.1, -0.05) is 60.7 Å². The summed E-state index contributed by atoms with van der Waals surface area (Å²) in [6.07, 6.45) is 8.42. The van der Waals surface area contributed by atoms with Crippen LogP contribution in [0.3, 0.4) is 0 Å². The molecule has 5 heterocycles. The Bertz CT molecular complexity index is 2530. The van der Waals surface area contributed by atoms with Gasteiger partial charge in [0.05, 0.1) is 33.2 Å². The molecular formula is C42H35N3O3S4. The fraction of sp³-hybridized carbons (Fsp3) is 0.143. The molecule has 0 spiro atoms. The van der Waals surface area contributed by atoms with Gasteiger partial charge in [0, 0.05) is 86.4 Å². The smallest absolute Gasteiger partial charge is 0.205 e.